The highest BCUT2D eigenvalue weighted by Crippen LogP contribution is 2.43. The minimum Gasteiger partial charge on any atom is -0.493 e. The quantitative estimate of drug-likeness (QED) is 0.255. The van der Waals surface area contributed by atoms with Crippen molar-refractivity contribution in [2.24, 2.45) is 0 Å². The molecule has 0 aliphatic rings. The molecule has 186 valence electrons. The lowest BCUT2D eigenvalue weighted by molar-refractivity contribution is 0.103. The molecule has 3 N–H and O–H groups in total. The van der Waals surface area contributed by atoms with Gasteiger partial charge in [0.2, 0.25) is 0 Å². The molecule has 0 atom stereocenters. The normalized spacial score (nSPS) is 10.9. The number of fused-ring (bicyclic) bond motifs is 1. The first kappa shape index (κ1) is 24.3. The predicted octanol–water partition coefficient (Wildman–Crippen LogP) is 7.10. The van der Waals surface area contributed by atoms with Gasteiger partial charge in [-0.2, -0.15) is 0 Å². The van der Waals surface area contributed by atoms with E-state index in [0.29, 0.717) is 26.9 Å². The number of para-hydroxylation sites is 1. The smallest absolute Gasteiger partial charge is 0.267 e. The van der Waals surface area contributed by atoms with E-state index in [4.69, 9.17) is 20.2 Å². The van der Waals surface area contributed by atoms with Crippen LogP contribution in [-0.2, 0) is 0 Å². The van der Waals surface area contributed by atoms with E-state index in [9.17, 15) is 4.79 Å². The molecule has 37 heavy (non-hydrogen) atoms. The van der Waals surface area contributed by atoms with Gasteiger partial charge in [-0.15, -0.1) is 11.3 Å². The van der Waals surface area contributed by atoms with Gasteiger partial charge in [-0.1, -0.05) is 54.1 Å². The summed E-state index contributed by atoms with van der Waals surface area (Å²) in [5.41, 5.74) is 13.5. The number of nitrogens with one attached hydrogen (secondary N) is 1. The van der Waals surface area contributed by atoms with E-state index in [2.05, 4.69) is 24.4 Å². The first-order chi connectivity index (χ1) is 17.9. The number of carbonyl (C=O) groups is 1. The fourth-order valence-corrected chi connectivity index (χ4v) is 5.30. The number of methoxy groups -OCH3 is 2. The second-order valence-electron chi connectivity index (χ2n) is 8.78. The van der Waals surface area contributed by atoms with Crippen LogP contribution in [-0.4, -0.2) is 25.1 Å². The molecule has 1 amide bonds. The van der Waals surface area contributed by atoms with Gasteiger partial charge >= 0.3 is 0 Å². The third-order valence-electron chi connectivity index (χ3n) is 6.34. The SMILES string of the molecule is COc1ccc(-c2cc(-c3ccc(C)cc3)nc3sc(C(=O)Nc4ccccc4C)c(N)c23)cc1OC. The van der Waals surface area contributed by atoms with E-state index in [1.807, 2.05) is 67.6 Å². The van der Waals surface area contributed by atoms with E-state index >= 15 is 0 Å². The zero-order chi connectivity index (χ0) is 26.1. The van der Waals surface area contributed by atoms with Crippen LogP contribution < -0.4 is 20.5 Å². The summed E-state index contributed by atoms with van der Waals surface area (Å²) in [7, 11) is 3.21. The number of hydrogen-bond donors (Lipinski definition) is 2. The molecule has 0 aliphatic heterocycles. The van der Waals surface area contributed by atoms with Crippen LogP contribution in [0.4, 0.5) is 11.4 Å². The maximum absolute atomic E-state index is 13.3. The van der Waals surface area contributed by atoms with Crippen LogP contribution in [0.2, 0.25) is 0 Å². The van der Waals surface area contributed by atoms with E-state index in [0.717, 1.165) is 39.0 Å². The highest BCUT2D eigenvalue weighted by Gasteiger charge is 2.22. The molecule has 0 spiro atoms. The number of ether oxygens (including phenoxy) is 2. The maximum Gasteiger partial charge on any atom is 0.267 e. The van der Waals surface area contributed by atoms with Gasteiger partial charge in [0, 0.05) is 16.6 Å². The van der Waals surface area contributed by atoms with Crippen LogP contribution in [0, 0.1) is 13.8 Å². The number of anilines is 2. The molecule has 2 heterocycles. The zero-order valence-electron chi connectivity index (χ0n) is 21.1. The topological polar surface area (TPSA) is 86.5 Å². The number of carbonyl (C=O) groups excluding carboxylic acids is 1. The molecular weight excluding hydrogens is 482 g/mol. The number of benzene rings is 3. The van der Waals surface area contributed by atoms with Crippen LogP contribution in [0.25, 0.3) is 32.6 Å². The number of aromatic nitrogens is 1. The van der Waals surface area contributed by atoms with Crippen molar-refractivity contribution in [2.45, 2.75) is 13.8 Å². The number of nitrogens with zero attached hydrogens (tertiary/aromatic N) is 1. The lowest BCUT2D eigenvalue weighted by atomic mass is 9.98. The van der Waals surface area contributed by atoms with Gasteiger partial charge in [-0.25, -0.2) is 4.98 Å². The molecule has 7 heteroatoms. The number of pyridine rings is 1. The standard InChI is InChI=1S/C30H27N3O3S/c1-17-9-11-19(12-10-17)23-16-21(20-13-14-24(35-3)25(15-20)36-4)26-27(31)28(37-30(26)33-23)29(34)32-22-8-6-5-7-18(22)2/h5-16H,31H2,1-4H3,(H,32,34). The molecule has 0 bridgehead atoms. The first-order valence-electron chi connectivity index (χ1n) is 11.8. The fraction of sp³-hybridized carbons (Fsp3) is 0.133. The van der Waals surface area contributed by atoms with Crippen molar-refractivity contribution in [3.8, 4) is 33.9 Å². The Hall–Kier alpha value is -4.36. The highest BCUT2D eigenvalue weighted by atomic mass is 32.1. The van der Waals surface area contributed by atoms with Crippen molar-refractivity contribution in [3.63, 3.8) is 0 Å². The van der Waals surface area contributed by atoms with Gasteiger partial charge in [-0.05, 0) is 54.8 Å². The molecule has 0 fully saturated rings. The predicted molar refractivity (Wildman–Crippen MR) is 152 cm³/mol. The molecule has 6 nitrogen and oxygen atoms in total. The van der Waals surface area contributed by atoms with Crippen LogP contribution in [0.3, 0.4) is 0 Å². The zero-order valence-corrected chi connectivity index (χ0v) is 21.9. The van der Waals surface area contributed by atoms with Crippen molar-refractivity contribution in [2.75, 3.05) is 25.3 Å². The molecule has 5 rings (SSSR count). The number of rotatable bonds is 6. The fourth-order valence-electron chi connectivity index (χ4n) is 4.29. The molecule has 0 aliphatic carbocycles. The lowest BCUT2D eigenvalue weighted by Gasteiger charge is -2.12. The van der Waals surface area contributed by atoms with Crippen molar-refractivity contribution in [1.29, 1.82) is 0 Å². The molecular formula is C30H27N3O3S. The Labute approximate surface area is 219 Å². The molecule has 3 aromatic carbocycles. The van der Waals surface area contributed by atoms with E-state index in [1.54, 1.807) is 14.2 Å². The van der Waals surface area contributed by atoms with Crippen molar-refractivity contribution in [3.05, 3.63) is 88.8 Å². The molecule has 2 aromatic heterocycles. The molecule has 0 saturated carbocycles. The Morgan fingerprint density at radius 2 is 1.59 bits per heavy atom. The Morgan fingerprint density at radius 3 is 2.30 bits per heavy atom. The van der Waals surface area contributed by atoms with E-state index in [-0.39, 0.29) is 5.91 Å². The van der Waals surface area contributed by atoms with Gasteiger partial charge in [0.05, 0.1) is 25.6 Å². The average Bonchev–Trinajstić information content (AvgIpc) is 3.25. The Bertz CT molecular complexity index is 1620. The molecule has 0 unspecified atom stereocenters. The van der Waals surface area contributed by atoms with Crippen LogP contribution in [0.5, 0.6) is 11.5 Å². The van der Waals surface area contributed by atoms with Gasteiger partial charge in [0.15, 0.2) is 11.5 Å². The number of nitrogens with two attached hydrogens (primary N) is 1. The summed E-state index contributed by atoms with van der Waals surface area (Å²) in [6.45, 7) is 4.00. The Kier molecular flexibility index (Phi) is 6.54. The summed E-state index contributed by atoms with van der Waals surface area (Å²) in [6, 6.07) is 23.6. The molecule has 0 radical (unpaired) electrons. The van der Waals surface area contributed by atoms with Crippen LogP contribution in [0.15, 0.2) is 72.8 Å². The second kappa shape index (κ2) is 9.95. The Balaban J connectivity index is 1.70. The van der Waals surface area contributed by atoms with Crippen LogP contribution in [0.1, 0.15) is 20.8 Å². The highest BCUT2D eigenvalue weighted by molar-refractivity contribution is 7.21. The molecule has 0 saturated heterocycles. The number of thiophene rings is 1. The van der Waals surface area contributed by atoms with Crippen molar-refractivity contribution >= 4 is 38.8 Å². The summed E-state index contributed by atoms with van der Waals surface area (Å²) in [5.74, 6) is 0.977. The summed E-state index contributed by atoms with van der Waals surface area (Å²) >= 11 is 1.29. The summed E-state index contributed by atoms with van der Waals surface area (Å²) < 4.78 is 11.0. The van der Waals surface area contributed by atoms with Crippen molar-refractivity contribution < 1.29 is 14.3 Å². The minimum absolute atomic E-state index is 0.259. The third-order valence-corrected chi connectivity index (χ3v) is 7.44. The number of nitrogen functional groups attached to an aromatic ring is 1. The monoisotopic (exact) mass is 509 g/mol. The second-order valence-corrected chi connectivity index (χ2v) is 9.78. The van der Waals surface area contributed by atoms with Crippen LogP contribution >= 0.6 is 11.3 Å². The first-order valence-corrected chi connectivity index (χ1v) is 12.6. The maximum atomic E-state index is 13.3. The number of amides is 1. The van der Waals surface area contributed by atoms with Crippen molar-refractivity contribution in [1.82, 2.24) is 4.98 Å². The average molecular weight is 510 g/mol. The Morgan fingerprint density at radius 1 is 0.892 bits per heavy atom. The summed E-state index contributed by atoms with van der Waals surface area (Å²) in [6.07, 6.45) is 0. The van der Waals surface area contributed by atoms with E-state index < -0.39 is 0 Å². The van der Waals surface area contributed by atoms with Gasteiger partial charge < -0.3 is 20.5 Å². The summed E-state index contributed by atoms with van der Waals surface area (Å²) in [4.78, 5) is 19.4. The summed E-state index contributed by atoms with van der Waals surface area (Å²) in [5, 5.41) is 3.74. The van der Waals surface area contributed by atoms with Gasteiger partial charge in [-0.3, -0.25) is 4.79 Å². The minimum atomic E-state index is -0.259. The van der Waals surface area contributed by atoms with Gasteiger partial charge in [0.25, 0.3) is 5.91 Å². The molecule has 5 aromatic rings. The van der Waals surface area contributed by atoms with Gasteiger partial charge in [0.1, 0.15) is 9.71 Å². The third kappa shape index (κ3) is 4.61. The number of aryl methyl sites for hydroxylation is 2. The lowest BCUT2D eigenvalue weighted by Crippen LogP contribution is -2.12. The number of hydrogen-bond acceptors (Lipinski definition) is 6. The van der Waals surface area contributed by atoms with E-state index in [1.165, 1.54) is 16.9 Å². The largest absolute Gasteiger partial charge is 0.493 e.